The monoisotopic (exact) mass is 592 g/mol. The molecule has 0 aromatic heterocycles. The smallest absolute Gasteiger partial charge is 0.262 e. The summed E-state index contributed by atoms with van der Waals surface area (Å²) in [7, 11) is -3.68. The van der Waals surface area contributed by atoms with Gasteiger partial charge in [-0.05, 0) is 66.2 Å². The van der Waals surface area contributed by atoms with E-state index in [0.29, 0.717) is 27.7 Å². The first-order valence-electron chi connectivity index (χ1n) is 10.4. The minimum absolute atomic E-state index is 0.204. The molecule has 2 amide bonds. The maximum Gasteiger partial charge on any atom is 0.262 e. The van der Waals surface area contributed by atoms with Gasteiger partial charge in [0.05, 0.1) is 28.9 Å². The summed E-state index contributed by atoms with van der Waals surface area (Å²) in [5.41, 5.74) is 3.82. The van der Waals surface area contributed by atoms with E-state index in [-0.39, 0.29) is 12.5 Å². The molecule has 3 rings (SSSR count). The molecular formula is C24H22BrClN4O5S. The van der Waals surface area contributed by atoms with E-state index < -0.39 is 22.5 Å². The molecule has 0 spiro atoms. The molecule has 0 fully saturated rings. The van der Waals surface area contributed by atoms with E-state index in [9.17, 15) is 18.0 Å². The third-order valence-corrected chi connectivity index (χ3v) is 6.60. The van der Waals surface area contributed by atoms with Crippen LogP contribution in [0.15, 0.2) is 82.4 Å². The molecule has 0 radical (unpaired) electrons. The Bertz CT molecular complexity index is 1350. The van der Waals surface area contributed by atoms with Crippen LogP contribution in [0.1, 0.15) is 5.56 Å². The molecule has 0 bridgehead atoms. The van der Waals surface area contributed by atoms with Crippen LogP contribution in [0.2, 0.25) is 5.02 Å². The predicted molar refractivity (Wildman–Crippen MR) is 144 cm³/mol. The highest BCUT2D eigenvalue weighted by Crippen LogP contribution is 2.21. The first kappa shape index (κ1) is 27.2. The number of hydrogen-bond acceptors (Lipinski definition) is 6. The first-order chi connectivity index (χ1) is 17.1. The fourth-order valence-electron chi connectivity index (χ4n) is 2.90. The lowest BCUT2D eigenvalue weighted by Crippen LogP contribution is -2.38. The number of nitrogens with one attached hydrogen (secondary N) is 2. The number of ether oxygens (including phenoxy) is 1. The van der Waals surface area contributed by atoms with E-state index in [0.717, 1.165) is 15.0 Å². The predicted octanol–water partition coefficient (Wildman–Crippen LogP) is 4.04. The van der Waals surface area contributed by atoms with Crippen molar-refractivity contribution < 1.29 is 22.7 Å². The number of amides is 2. The molecule has 188 valence electrons. The number of hydrazone groups is 1. The second-order valence-electron chi connectivity index (χ2n) is 7.42. The van der Waals surface area contributed by atoms with Gasteiger partial charge in [-0.2, -0.15) is 5.10 Å². The molecule has 0 saturated heterocycles. The summed E-state index contributed by atoms with van der Waals surface area (Å²) in [5.74, 6) is -0.504. The second-order valence-corrected chi connectivity index (χ2v) is 10.7. The van der Waals surface area contributed by atoms with Gasteiger partial charge < -0.3 is 10.1 Å². The van der Waals surface area contributed by atoms with E-state index in [4.69, 9.17) is 16.3 Å². The number of para-hydroxylation sites is 1. The van der Waals surface area contributed by atoms with Crippen LogP contribution in [0.5, 0.6) is 5.75 Å². The van der Waals surface area contributed by atoms with Gasteiger partial charge in [0.2, 0.25) is 10.0 Å². The number of halogens is 2. The average molecular weight is 594 g/mol. The minimum atomic E-state index is -3.68. The number of rotatable bonds is 10. The molecular weight excluding hydrogens is 572 g/mol. The topological polar surface area (TPSA) is 117 Å². The minimum Gasteiger partial charge on any atom is -0.484 e. The molecule has 0 aliphatic heterocycles. The zero-order chi connectivity index (χ0) is 26.1. The van der Waals surface area contributed by atoms with Gasteiger partial charge in [-0.3, -0.25) is 13.9 Å². The molecule has 0 saturated carbocycles. The fourth-order valence-corrected chi connectivity index (χ4v) is 4.20. The SMILES string of the molecule is CS(=O)(=O)N(CC(=O)N/N=C\c1ccc(OCC(=O)Nc2ccccc2Cl)cc1)c1ccc(Br)cc1. The van der Waals surface area contributed by atoms with Crippen molar-refractivity contribution in [3.05, 3.63) is 87.9 Å². The summed E-state index contributed by atoms with van der Waals surface area (Å²) >= 11 is 9.31. The summed E-state index contributed by atoms with van der Waals surface area (Å²) in [4.78, 5) is 24.3. The van der Waals surface area contributed by atoms with Crippen molar-refractivity contribution in [2.75, 3.05) is 29.0 Å². The normalized spacial score (nSPS) is 11.2. The molecule has 12 heteroatoms. The van der Waals surface area contributed by atoms with Crippen molar-refractivity contribution in [2.24, 2.45) is 5.10 Å². The van der Waals surface area contributed by atoms with Gasteiger partial charge in [-0.1, -0.05) is 39.7 Å². The Morgan fingerprint density at radius 3 is 2.33 bits per heavy atom. The highest BCUT2D eigenvalue weighted by Gasteiger charge is 2.20. The molecule has 2 N–H and O–H groups in total. The number of hydrogen-bond donors (Lipinski definition) is 2. The Hall–Kier alpha value is -3.41. The summed E-state index contributed by atoms with van der Waals surface area (Å²) in [6.45, 7) is -0.634. The highest BCUT2D eigenvalue weighted by molar-refractivity contribution is 9.10. The molecule has 3 aromatic rings. The van der Waals surface area contributed by atoms with E-state index >= 15 is 0 Å². The quantitative estimate of drug-likeness (QED) is 0.272. The number of sulfonamides is 1. The molecule has 0 aliphatic carbocycles. The fraction of sp³-hybridized carbons (Fsp3) is 0.125. The van der Waals surface area contributed by atoms with Gasteiger partial charge in [-0.15, -0.1) is 0 Å². The summed E-state index contributed by atoms with van der Waals surface area (Å²) < 4.78 is 31.5. The van der Waals surface area contributed by atoms with Gasteiger partial charge in [-0.25, -0.2) is 13.8 Å². The van der Waals surface area contributed by atoms with Crippen LogP contribution >= 0.6 is 27.5 Å². The van der Waals surface area contributed by atoms with Crippen molar-refractivity contribution in [1.29, 1.82) is 0 Å². The third-order valence-electron chi connectivity index (χ3n) is 4.60. The highest BCUT2D eigenvalue weighted by atomic mass is 79.9. The van der Waals surface area contributed by atoms with Gasteiger partial charge in [0.25, 0.3) is 11.8 Å². The summed E-state index contributed by atoms with van der Waals surface area (Å²) in [6, 6.07) is 20.1. The van der Waals surface area contributed by atoms with Gasteiger partial charge in [0.1, 0.15) is 12.3 Å². The summed E-state index contributed by atoms with van der Waals surface area (Å²) in [6.07, 6.45) is 2.42. The zero-order valence-corrected chi connectivity index (χ0v) is 22.2. The van der Waals surface area contributed by atoms with Crippen molar-refractivity contribution >= 4 is 67.0 Å². The largest absolute Gasteiger partial charge is 0.484 e. The second kappa shape index (κ2) is 12.5. The number of nitrogens with zero attached hydrogens (tertiary/aromatic N) is 2. The van der Waals surface area contributed by atoms with Gasteiger partial charge in [0, 0.05) is 4.47 Å². The Morgan fingerprint density at radius 2 is 1.69 bits per heavy atom. The van der Waals surface area contributed by atoms with Crippen LogP contribution in [-0.2, 0) is 19.6 Å². The Morgan fingerprint density at radius 1 is 1.03 bits per heavy atom. The van der Waals surface area contributed by atoms with Crippen LogP contribution in [0.3, 0.4) is 0 Å². The lowest BCUT2D eigenvalue weighted by molar-refractivity contribution is -0.119. The van der Waals surface area contributed by atoms with Crippen molar-refractivity contribution in [1.82, 2.24) is 5.43 Å². The summed E-state index contributed by atoms with van der Waals surface area (Å²) in [5, 5.41) is 6.97. The van der Waals surface area contributed by atoms with Crippen LogP contribution in [-0.4, -0.2) is 45.9 Å². The number of carbonyl (C=O) groups excluding carboxylic acids is 2. The van der Waals surface area contributed by atoms with Crippen molar-refractivity contribution in [2.45, 2.75) is 0 Å². The van der Waals surface area contributed by atoms with E-state index in [2.05, 4.69) is 31.8 Å². The number of benzene rings is 3. The maximum absolute atomic E-state index is 12.3. The van der Waals surface area contributed by atoms with Crippen LogP contribution < -0.4 is 19.8 Å². The first-order valence-corrected chi connectivity index (χ1v) is 13.5. The molecule has 0 heterocycles. The van der Waals surface area contributed by atoms with Crippen molar-refractivity contribution in [3.63, 3.8) is 0 Å². The Labute approximate surface area is 222 Å². The zero-order valence-electron chi connectivity index (χ0n) is 19.0. The molecule has 9 nitrogen and oxygen atoms in total. The standard InChI is InChI=1S/C24H22BrClN4O5S/c1-36(33,34)30(19-10-8-18(25)9-11-19)15-23(31)29-27-14-17-6-12-20(13-7-17)35-16-24(32)28-22-5-3-2-4-21(22)26/h2-14H,15-16H2,1H3,(H,28,32)(H,29,31)/b27-14-. The van der Waals surface area contributed by atoms with Crippen LogP contribution in [0.25, 0.3) is 0 Å². The average Bonchev–Trinajstić information content (AvgIpc) is 2.83. The van der Waals surface area contributed by atoms with Crippen LogP contribution in [0.4, 0.5) is 11.4 Å². The Kier molecular flexibility index (Phi) is 9.45. The molecule has 3 aromatic carbocycles. The Balaban J connectivity index is 1.49. The third kappa shape index (κ3) is 8.36. The van der Waals surface area contributed by atoms with Crippen LogP contribution in [0, 0.1) is 0 Å². The van der Waals surface area contributed by atoms with E-state index in [1.54, 1.807) is 72.8 Å². The van der Waals surface area contributed by atoms with Crippen molar-refractivity contribution in [3.8, 4) is 5.75 Å². The van der Waals surface area contributed by atoms with Gasteiger partial charge in [0.15, 0.2) is 6.61 Å². The molecule has 36 heavy (non-hydrogen) atoms. The molecule has 0 aliphatic rings. The number of carbonyl (C=O) groups is 2. The molecule has 0 unspecified atom stereocenters. The number of anilines is 2. The van der Waals surface area contributed by atoms with E-state index in [1.807, 2.05) is 0 Å². The lowest BCUT2D eigenvalue weighted by Gasteiger charge is -2.21. The van der Waals surface area contributed by atoms with Gasteiger partial charge >= 0.3 is 0 Å². The molecule has 0 atom stereocenters. The maximum atomic E-state index is 12.3. The lowest BCUT2D eigenvalue weighted by atomic mass is 10.2. The van der Waals surface area contributed by atoms with E-state index in [1.165, 1.54) is 6.21 Å².